The summed E-state index contributed by atoms with van der Waals surface area (Å²) in [5, 5.41) is 2.95. The van der Waals surface area contributed by atoms with E-state index in [9.17, 15) is 4.79 Å². The van der Waals surface area contributed by atoms with E-state index in [0.717, 1.165) is 29.9 Å². The Labute approximate surface area is 170 Å². The van der Waals surface area contributed by atoms with Gasteiger partial charge in [0.05, 0.1) is 26.3 Å². The fourth-order valence-corrected chi connectivity index (χ4v) is 2.98. The maximum Gasteiger partial charge on any atom is 0.226 e. The molecule has 2 aromatic carbocycles. The SMILES string of the molecule is COc1ccc(CCCNC(=O)Cc2nc(-c3ccc(OC)cc3)oc2C)cc1. The van der Waals surface area contributed by atoms with Crippen LogP contribution in [0.2, 0.25) is 0 Å². The summed E-state index contributed by atoms with van der Waals surface area (Å²) in [6.07, 6.45) is 1.97. The number of hydrogen-bond acceptors (Lipinski definition) is 5. The van der Waals surface area contributed by atoms with Crippen LogP contribution in [0, 0.1) is 6.92 Å². The smallest absolute Gasteiger partial charge is 0.226 e. The Hall–Kier alpha value is -3.28. The van der Waals surface area contributed by atoms with E-state index in [1.54, 1.807) is 14.2 Å². The summed E-state index contributed by atoms with van der Waals surface area (Å²) in [6, 6.07) is 15.4. The van der Waals surface area contributed by atoms with E-state index in [1.807, 2.05) is 55.5 Å². The van der Waals surface area contributed by atoms with Gasteiger partial charge in [-0.2, -0.15) is 0 Å². The van der Waals surface area contributed by atoms with Crippen molar-refractivity contribution in [2.75, 3.05) is 20.8 Å². The summed E-state index contributed by atoms with van der Waals surface area (Å²) >= 11 is 0. The number of aryl methyl sites for hydroxylation is 2. The topological polar surface area (TPSA) is 73.6 Å². The average Bonchev–Trinajstić information content (AvgIpc) is 3.12. The Bertz CT molecular complexity index is 931. The molecule has 6 nitrogen and oxygen atoms in total. The first-order valence-electron chi connectivity index (χ1n) is 9.59. The summed E-state index contributed by atoms with van der Waals surface area (Å²) in [7, 11) is 3.28. The summed E-state index contributed by atoms with van der Waals surface area (Å²) in [5.41, 5.74) is 2.72. The van der Waals surface area contributed by atoms with E-state index in [4.69, 9.17) is 13.9 Å². The first kappa shape index (κ1) is 20.5. The Balaban J connectivity index is 1.48. The fourth-order valence-electron chi connectivity index (χ4n) is 2.98. The lowest BCUT2D eigenvalue weighted by molar-refractivity contribution is -0.120. The van der Waals surface area contributed by atoms with Crippen LogP contribution in [0.1, 0.15) is 23.4 Å². The summed E-state index contributed by atoms with van der Waals surface area (Å²) in [4.78, 5) is 16.8. The van der Waals surface area contributed by atoms with E-state index in [0.29, 0.717) is 23.9 Å². The number of rotatable bonds is 9. The van der Waals surface area contributed by atoms with Crippen LogP contribution in [0.15, 0.2) is 52.9 Å². The quantitative estimate of drug-likeness (QED) is 0.556. The van der Waals surface area contributed by atoms with E-state index in [2.05, 4.69) is 10.3 Å². The monoisotopic (exact) mass is 394 g/mol. The molecule has 29 heavy (non-hydrogen) atoms. The highest BCUT2D eigenvalue weighted by molar-refractivity contribution is 5.78. The van der Waals surface area contributed by atoms with Gasteiger partial charge in [-0.3, -0.25) is 4.79 Å². The van der Waals surface area contributed by atoms with E-state index in [-0.39, 0.29) is 12.3 Å². The second-order valence-corrected chi connectivity index (χ2v) is 6.73. The molecule has 0 saturated heterocycles. The molecule has 1 aromatic heterocycles. The van der Waals surface area contributed by atoms with Gasteiger partial charge < -0.3 is 19.2 Å². The van der Waals surface area contributed by atoms with Gasteiger partial charge in [0, 0.05) is 12.1 Å². The number of carbonyl (C=O) groups excluding carboxylic acids is 1. The van der Waals surface area contributed by atoms with Crippen LogP contribution in [-0.2, 0) is 17.6 Å². The first-order valence-corrected chi connectivity index (χ1v) is 9.59. The molecule has 0 aliphatic heterocycles. The molecule has 0 aliphatic carbocycles. The molecule has 3 aromatic rings. The van der Waals surface area contributed by atoms with E-state index in [1.165, 1.54) is 5.56 Å². The van der Waals surface area contributed by atoms with Gasteiger partial charge in [-0.05, 0) is 61.7 Å². The number of hydrogen-bond donors (Lipinski definition) is 1. The number of ether oxygens (including phenoxy) is 2. The van der Waals surface area contributed by atoms with Gasteiger partial charge in [-0.1, -0.05) is 12.1 Å². The molecule has 0 atom stereocenters. The zero-order valence-electron chi connectivity index (χ0n) is 17.0. The van der Waals surface area contributed by atoms with Crippen molar-refractivity contribution in [2.45, 2.75) is 26.2 Å². The fraction of sp³-hybridized carbons (Fsp3) is 0.304. The lowest BCUT2D eigenvalue weighted by Crippen LogP contribution is -2.26. The number of nitrogens with zero attached hydrogens (tertiary/aromatic N) is 1. The number of benzene rings is 2. The van der Waals surface area contributed by atoms with Crippen LogP contribution >= 0.6 is 0 Å². The molecular formula is C23H26N2O4. The minimum Gasteiger partial charge on any atom is -0.497 e. The predicted octanol–water partition coefficient (Wildman–Crippen LogP) is 3.96. The van der Waals surface area contributed by atoms with Gasteiger partial charge in [0.2, 0.25) is 11.8 Å². The van der Waals surface area contributed by atoms with Crippen molar-refractivity contribution in [1.82, 2.24) is 10.3 Å². The second-order valence-electron chi connectivity index (χ2n) is 6.73. The van der Waals surface area contributed by atoms with Gasteiger partial charge in [0.15, 0.2) is 0 Å². The molecule has 1 heterocycles. The minimum atomic E-state index is -0.0580. The van der Waals surface area contributed by atoms with E-state index < -0.39 is 0 Å². The Kier molecular flexibility index (Phi) is 6.89. The zero-order chi connectivity index (χ0) is 20.6. The molecule has 0 spiro atoms. The third-order valence-electron chi connectivity index (χ3n) is 4.68. The average molecular weight is 394 g/mol. The molecule has 0 saturated carbocycles. The van der Waals surface area contributed by atoms with Gasteiger partial charge in [0.25, 0.3) is 0 Å². The van der Waals surface area contributed by atoms with Crippen molar-refractivity contribution in [1.29, 1.82) is 0 Å². The highest BCUT2D eigenvalue weighted by atomic mass is 16.5. The molecule has 0 bridgehead atoms. The van der Waals surface area contributed by atoms with Gasteiger partial charge in [0.1, 0.15) is 17.3 Å². The normalized spacial score (nSPS) is 10.6. The molecule has 0 radical (unpaired) electrons. The predicted molar refractivity (Wildman–Crippen MR) is 111 cm³/mol. The maximum atomic E-state index is 12.3. The van der Waals surface area contributed by atoms with Crippen molar-refractivity contribution >= 4 is 5.91 Å². The Morgan fingerprint density at radius 2 is 1.62 bits per heavy atom. The lowest BCUT2D eigenvalue weighted by Gasteiger charge is -2.05. The third kappa shape index (κ3) is 5.60. The van der Waals surface area contributed by atoms with Crippen LogP contribution in [0.5, 0.6) is 11.5 Å². The number of amides is 1. The van der Waals surface area contributed by atoms with Crippen molar-refractivity contribution in [2.24, 2.45) is 0 Å². The van der Waals surface area contributed by atoms with Crippen molar-refractivity contribution in [3.63, 3.8) is 0 Å². The Morgan fingerprint density at radius 3 is 2.24 bits per heavy atom. The van der Waals surface area contributed by atoms with Crippen LogP contribution in [0.25, 0.3) is 11.5 Å². The number of aromatic nitrogens is 1. The molecule has 152 valence electrons. The summed E-state index contributed by atoms with van der Waals surface area (Å²) < 4.78 is 16.1. The van der Waals surface area contributed by atoms with Crippen LogP contribution in [0.3, 0.4) is 0 Å². The number of oxazole rings is 1. The zero-order valence-corrected chi connectivity index (χ0v) is 17.0. The van der Waals surface area contributed by atoms with Crippen molar-refractivity contribution in [3.05, 3.63) is 65.5 Å². The second kappa shape index (κ2) is 9.78. The van der Waals surface area contributed by atoms with Gasteiger partial charge in [-0.25, -0.2) is 4.98 Å². The summed E-state index contributed by atoms with van der Waals surface area (Å²) in [5.74, 6) is 2.72. The number of nitrogens with one attached hydrogen (secondary N) is 1. The first-order chi connectivity index (χ1) is 14.1. The van der Waals surface area contributed by atoms with Crippen molar-refractivity contribution < 1.29 is 18.7 Å². The number of methoxy groups -OCH3 is 2. The van der Waals surface area contributed by atoms with Crippen LogP contribution < -0.4 is 14.8 Å². The molecule has 6 heteroatoms. The highest BCUT2D eigenvalue weighted by Crippen LogP contribution is 2.24. The molecular weight excluding hydrogens is 368 g/mol. The van der Waals surface area contributed by atoms with Crippen LogP contribution in [-0.4, -0.2) is 31.7 Å². The van der Waals surface area contributed by atoms with Crippen molar-refractivity contribution in [3.8, 4) is 23.0 Å². The van der Waals surface area contributed by atoms with Crippen LogP contribution in [0.4, 0.5) is 0 Å². The molecule has 3 rings (SSSR count). The van der Waals surface area contributed by atoms with E-state index >= 15 is 0 Å². The standard InChI is InChI=1S/C23H26N2O4/c1-16-21(25-23(29-16)18-8-12-20(28-3)13-9-18)15-22(26)24-14-4-5-17-6-10-19(27-2)11-7-17/h6-13H,4-5,14-15H2,1-3H3,(H,24,26). The summed E-state index contributed by atoms with van der Waals surface area (Å²) in [6.45, 7) is 2.44. The van der Waals surface area contributed by atoms with Gasteiger partial charge >= 0.3 is 0 Å². The molecule has 1 amide bonds. The number of carbonyl (C=O) groups is 1. The van der Waals surface area contributed by atoms with Gasteiger partial charge in [-0.15, -0.1) is 0 Å². The molecule has 1 N–H and O–H groups in total. The Morgan fingerprint density at radius 1 is 1.00 bits per heavy atom. The molecule has 0 fully saturated rings. The third-order valence-corrected chi connectivity index (χ3v) is 4.68. The maximum absolute atomic E-state index is 12.3. The highest BCUT2D eigenvalue weighted by Gasteiger charge is 2.14. The molecule has 0 unspecified atom stereocenters. The molecule has 0 aliphatic rings. The largest absolute Gasteiger partial charge is 0.497 e. The lowest BCUT2D eigenvalue weighted by atomic mass is 10.1. The minimum absolute atomic E-state index is 0.0580.